The van der Waals surface area contributed by atoms with Crippen molar-refractivity contribution in [2.45, 2.75) is 33.1 Å². The summed E-state index contributed by atoms with van der Waals surface area (Å²) in [6.07, 6.45) is 2.95. The molecule has 2 nitrogen and oxygen atoms in total. The molecule has 0 N–H and O–H groups in total. The minimum atomic E-state index is 0.730. The van der Waals surface area contributed by atoms with Gasteiger partial charge in [-0.3, -0.25) is 0 Å². The average molecular weight is 282 g/mol. The van der Waals surface area contributed by atoms with Crippen molar-refractivity contribution in [3.8, 4) is 22.6 Å². The third kappa shape index (κ3) is 2.63. The second-order valence-corrected chi connectivity index (χ2v) is 5.45. The van der Waals surface area contributed by atoms with E-state index in [2.05, 4.69) is 50.2 Å². The van der Waals surface area contributed by atoms with Crippen molar-refractivity contribution in [3.05, 3.63) is 47.5 Å². The van der Waals surface area contributed by atoms with E-state index in [1.54, 1.807) is 0 Å². The molecule has 0 amide bonds. The van der Waals surface area contributed by atoms with Gasteiger partial charge >= 0.3 is 0 Å². The summed E-state index contributed by atoms with van der Waals surface area (Å²) in [5.41, 5.74) is 5.27. The van der Waals surface area contributed by atoms with Crippen molar-refractivity contribution >= 4 is 0 Å². The van der Waals surface area contributed by atoms with Gasteiger partial charge in [-0.05, 0) is 35.6 Å². The first-order valence-electron chi connectivity index (χ1n) is 7.84. The Hall–Kier alpha value is -1.96. The quantitative estimate of drug-likeness (QED) is 0.644. The smallest absolute Gasteiger partial charge is 0.165 e. The van der Waals surface area contributed by atoms with Gasteiger partial charge in [0.25, 0.3) is 0 Å². The van der Waals surface area contributed by atoms with E-state index in [1.165, 1.54) is 22.3 Å². The zero-order chi connectivity index (χ0) is 14.7. The van der Waals surface area contributed by atoms with E-state index in [4.69, 9.17) is 9.47 Å². The summed E-state index contributed by atoms with van der Waals surface area (Å²) in [6, 6.07) is 12.8. The third-order valence-corrected chi connectivity index (χ3v) is 3.81. The second kappa shape index (κ2) is 6.21. The van der Waals surface area contributed by atoms with E-state index in [-0.39, 0.29) is 0 Å². The van der Waals surface area contributed by atoms with Crippen LogP contribution in [0.3, 0.4) is 0 Å². The van der Waals surface area contributed by atoms with Gasteiger partial charge in [0.2, 0.25) is 0 Å². The first-order chi connectivity index (χ1) is 10.3. The van der Waals surface area contributed by atoms with Crippen molar-refractivity contribution < 1.29 is 9.47 Å². The number of ether oxygens (including phenoxy) is 2. The van der Waals surface area contributed by atoms with Crippen LogP contribution in [-0.2, 0) is 6.42 Å². The molecule has 3 rings (SSSR count). The monoisotopic (exact) mass is 282 g/mol. The Kier molecular flexibility index (Phi) is 4.14. The van der Waals surface area contributed by atoms with Gasteiger partial charge in [0, 0.05) is 12.0 Å². The van der Waals surface area contributed by atoms with Crippen molar-refractivity contribution in [3.63, 3.8) is 0 Å². The number of hydrogen-bond donors (Lipinski definition) is 0. The van der Waals surface area contributed by atoms with E-state index in [9.17, 15) is 0 Å². The van der Waals surface area contributed by atoms with Gasteiger partial charge in [-0.15, -0.1) is 0 Å². The van der Waals surface area contributed by atoms with Crippen LogP contribution in [-0.4, -0.2) is 13.2 Å². The first-order valence-corrected chi connectivity index (χ1v) is 7.84. The molecule has 0 unspecified atom stereocenters. The molecule has 0 aromatic heterocycles. The Morgan fingerprint density at radius 1 is 0.857 bits per heavy atom. The number of rotatable bonds is 6. The van der Waals surface area contributed by atoms with E-state index in [1.807, 2.05) is 0 Å². The van der Waals surface area contributed by atoms with Gasteiger partial charge in [0.05, 0.1) is 13.2 Å². The lowest BCUT2D eigenvalue weighted by molar-refractivity contribution is 0.267. The van der Waals surface area contributed by atoms with Crippen molar-refractivity contribution in [2.24, 2.45) is 0 Å². The highest BCUT2D eigenvalue weighted by Gasteiger charge is 2.24. The van der Waals surface area contributed by atoms with Crippen LogP contribution >= 0.6 is 0 Å². The number of fused-ring (bicyclic) bond motifs is 3. The lowest BCUT2D eigenvalue weighted by Crippen LogP contribution is -2.03. The molecule has 1 aliphatic rings. The van der Waals surface area contributed by atoms with Gasteiger partial charge in [0.15, 0.2) is 11.5 Å². The Labute approximate surface area is 126 Å². The summed E-state index contributed by atoms with van der Waals surface area (Å²) in [6.45, 7) is 5.71. The highest BCUT2D eigenvalue weighted by Crippen LogP contribution is 2.45. The van der Waals surface area contributed by atoms with Gasteiger partial charge in [-0.1, -0.05) is 44.2 Å². The zero-order valence-corrected chi connectivity index (χ0v) is 12.8. The molecule has 0 heterocycles. The average Bonchev–Trinajstić information content (AvgIpc) is 2.90. The van der Waals surface area contributed by atoms with E-state index in [0.717, 1.165) is 44.0 Å². The molecular formula is C19H22O2. The van der Waals surface area contributed by atoms with E-state index < -0.39 is 0 Å². The predicted molar refractivity (Wildman–Crippen MR) is 86.3 cm³/mol. The molecule has 0 saturated carbocycles. The standard InChI is InChI=1S/C19H22O2/c1-3-11-20-18-10-9-16-15-8-6-5-7-14(15)13-17(16)19(18)21-12-4-2/h5-10H,3-4,11-13H2,1-2H3. The molecule has 0 fully saturated rings. The number of hydrogen-bond acceptors (Lipinski definition) is 2. The normalized spacial score (nSPS) is 11.9. The molecule has 0 aliphatic heterocycles. The fourth-order valence-electron chi connectivity index (χ4n) is 2.85. The molecular weight excluding hydrogens is 260 g/mol. The van der Waals surface area contributed by atoms with Crippen LogP contribution < -0.4 is 9.47 Å². The molecule has 2 aromatic carbocycles. The first kappa shape index (κ1) is 14.0. The van der Waals surface area contributed by atoms with Crippen LogP contribution in [0.1, 0.15) is 37.8 Å². The number of benzene rings is 2. The van der Waals surface area contributed by atoms with E-state index in [0.29, 0.717) is 0 Å². The Balaban J connectivity index is 2.02. The Morgan fingerprint density at radius 3 is 2.43 bits per heavy atom. The topological polar surface area (TPSA) is 18.5 Å². The van der Waals surface area contributed by atoms with Crippen LogP contribution in [0, 0.1) is 0 Å². The zero-order valence-electron chi connectivity index (χ0n) is 12.8. The van der Waals surface area contributed by atoms with E-state index >= 15 is 0 Å². The SMILES string of the molecule is CCCOc1ccc2c(c1OCCC)Cc1ccccc1-2. The molecule has 21 heavy (non-hydrogen) atoms. The lowest BCUT2D eigenvalue weighted by Gasteiger charge is -2.16. The third-order valence-electron chi connectivity index (χ3n) is 3.81. The Bertz CT molecular complexity index is 631. The summed E-state index contributed by atoms with van der Waals surface area (Å²) in [5, 5.41) is 0. The fourth-order valence-corrected chi connectivity index (χ4v) is 2.85. The predicted octanol–water partition coefficient (Wildman–Crippen LogP) is 4.84. The summed E-state index contributed by atoms with van der Waals surface area (Å²) in [4.78, 5) is 0. The maximum atomic E-state index is 6.03. The summed E-state index contributed by atoms with van der Waals surface area (Å²) in [5.74, 6) is 1.83. The van der Waals surface area contributed by atoms with Gasteiger partial charge in [0.1, 0.15) is 0 Å². The minimum absolute atomic E-state index is 0.730. The summed E-state index contributed by atoms with van der Waals surface area (Å²) < 4.78 is 11.9. The van der Waals surface area contributed by atoms with Gasteiger partial charge in [-0.2, -0.15) is 0 Å². The largest absolute Gasteiger partial charge is 0.490 e. The molecule has 1 aliphatic carbocycles. The second-order valence-electron chi connectivity index (χ2n) is 5.45. The molecule has 2 heteroatoms. The molecule has 2 aromatic rings. The molecule has 0 spiro atoms. The molecule has 110 valence electrons. The molecule has 0 radical (unpaired) electrons. The molecule has 0 bridgehead atoms. The maximum Gasteiger partial charge on any atom is 0.165 e. The van der Waals surface area contributed by atoms with Crippen molar-refractivity contribution in [2.75, 3.05) is 13.2 Å². The minimum Gasteiger partial charge on any atom is -0.490 e. The van der Waals surface area contributed by atoms with Crippen LogP contribution in [0.4, 0.5) is 0 Å². The van der Waals surface area contributed by atoms with Crippen molar-refractivity contribution in [1.29, 1.82) is 0 Å². The molecule has 0 atom stereocenters. The summed E-state index contributed by atoms with van der Waals surface area (Å²) in [7, 11) is 0. The summed E-state index contributed by atoms with van der Waals surface area (Å²) >= 11 is 0. The maximum absolute atomic E-state index is 6.03. The van der Waals surface area contributed by atoms with Crippen LogP contribution in [0.5, 0.6) is 11.5 Å². The highest BCUT2D eigenvalue weighted by atomic mass is 16.5. The van der Waals surface area contributed by atoms with Crippen LogP contribution in [0.25, 0.3) is 11.1 Å². The van der Waals surface area contributed by atoms with Crippen LogP contribution in [0.15, 0.2) is 36.4 Å². The Morgan fingerprint density at radius 2 is 1.62 bits per heavy atom. The molecule has 0 saturated heterocycles. The van der Waals surface area contributed by atoms with Crippen LogP contribution in [0.2, 0.25) is 0 Å². The fraction of sp³-hybridized carbons (Fsp3) is 0.368. The van der Waals surface area contributed by atoms with Gasteiger partial charge < -0.3 is 9.47 Å². The van der Waals surface area contributed by atoms with Gasteiger partial charge in [-0.25, -0.2) is 0 Å². The lowest BCUT2D eigenvalue weighted by atomic mass is 10.1. The highest BCUT2D eigenvalue weighted by molar-refractivity contribution is 5.80. The van der Waals surface area contributed by atoms with Crippen molar-refractivity contribution in [1.82, 2.24) is 0 Å².